The van der Waals surface area contributed by atoms with Gasteiger partial charge < -0.3 is 5.32 Å². The summed E-state index contributed by atoms with van der Waals surface area (Å²) in [4.78, 5) is 4.17. The Bertz CT molecular complexity index is 476. The average molecular weight is 230 g/mol. The van der Waals surface area contributed by atoms with Crippen molar-refractivity contribution in [3.8, 4) is 0 Å². The zero-order valence-corrected chi connectivity index (χ0v) is 10.3. The summed E-state index contributed by atoms with van der Waals surface area (Å²) >= 11 is 0. The van der Waals surface area contributed by atoms with Crippen molar-refractivity contribution in [1.29, 1.82) is 0 Å². The van der Waals surface area contributed by atoms with Gasteiger partial charge in [0.25, 0.3) is 0 Å². The number of aromatic nitrogens is 3. The van der Waals surface area contributed by atoms with Gasteiger partial charge in [0.05, 0.1) is 6.54 Å². The third-order valence-electron chi connectivity index (χ3n) is 2.92. The lowest BCUT2D eigenvalue weighted by Gasteiger charge is -2.06. The van der Waals surface area contributed by atoms with Crippen molar-refractivity contribution >= 4 is 0 Å². The van der Waals surface area contributed by atoms with E-state index in [2.05, 4.69) is 46.6 Å². The van der Waals surface area contributed by atoms with Crippen molar-refractivity contribution in [2.75, 3.05) is 6.54 Å². The first kappa shape index (κ1) is 11.8. The molecular weight excluding hydrogens is 212 g/mol. The highest BCUT2D eigenvalue weighted by molar-refractivity contribution is 5.25. The van der Waals surface area contributed by atoms with Gasteiger partial charge in [0.1, 0.15) is 12.2 Å². The van der Waals surface area contributed by atoms with Crippen molar-refractivity contribution in [3.05, 3.63) is 47.5 Å². The maximum absolute atomic E-state index is 4.17. The lowest BCUT2D eigenvalue weighted by atomic mass is 10.1. The number of hydrogen-bond donors (Lipinski definition) is 1. The number of rotatable bonds is 5. The fraction of sp³-hybridized carbons (Fsp3) is 0.385. The van der Waals surface area contributed by atoms with E-state index < -0.39 is 0 Å². The van der Waals surface area contributed by atoms with Crippen molar-refractivity contribution < 1.29 is 0 Å². The third kappa shape index (κ3) is 3.14. The van der Waals surface area contributed by atoms with Crippen molar-refractivity contribution in [1.82, 2.24) is 20.1 Å². The Morgan fingerprint density at radius 1 is 1.29 bits per heavy atom. The number of hydrogen-bond acceptors (Lipinski definition) is 3. The topological polar surface area (TPSA) is 42.7 Å². The van der Waals surface area contributed by atoms with Crippen LogP contribution in [0, 0.1) is 6.92 Å². The Kier molecular flexibility index (Phi) is 3.88. The van der Waals surface area contributed by atoms with Crippen LogP contribution in [-0.4, -0.2) is 21.3 Å². The molecule has 1 N–H and O–H groups in total. The molecule has 0 aliphatic heterocycles. The Hall–Kier alpha value is -1.68. The van der Waals surface area contributed by atoms with Gasteiger partial charge in [0, 0.05) is 7.05 Å². The molecule has 0 bridgehead atoms. The van der Waals surface area contributed by atoms with Gasteiger partial charge in [-0.1, -0.05) is 24.3 Å². The van der Waals surface area contributed by atoms with Gasteiger partial charge >= 0.3 is 0 Å². The highest BCUT2D eigenvalue weighted by atomic mass is 15.3. The van der Waals surface area contributed by atoms with Crippen LogP contribution in [0.3, 0.4) is 0 Å². The molecular formula is C13H18N4. The van der Waals surface area contributed by atoms with E-state index in [0.717, 1.165) is 25.3 Å². The summed E-state index contributed by atoms with van der Waals surface area (Å²) in [6, 6.07) is 8.49. The van der Waals surface area contributed by atoms with Crippen LogP contribution in [0.1, 0.15) is 17.0 Å². The van der Waals surface area contributed by atoms with E-state index in [1.165, 1.54) is 11.1 Å². The van der Waals surface area contributed by atoms with Crippen LogP contribution in [0.15, 0.2) is 30.6 Å². The van der Waals surface area contributed by atoms with E-state index >= 15 is 0 Å². The van der Waals surface area contributed by atoms with Crippen LogP contribution in [0.5, 0.6) is 0 Å². The lowest BCUT2D eigenvalue weighted by molar-refractivity contribution is 0.614. The van der Waals surface area contributed by atoms with Crippen molar-refractivity contribution in [3.63, 3.8) is 0 Å². The van der Waals surface area contributed by atoms with Gasteiger partial charge in [-0.2, -0.15) is 5.10 Å². The Morgan fingerprint density at radius 2 is 2.12 bits per heavy atom. The maximum atomic E-state index is 4.17. The summed E-state index contributed by atoms with van der Waals surface area (Å²) in [6.07, 6.45) is 2.63. The number of nitrogens with one attached hydrogen (secondary N) is 1. The number of aryl methyl sites for hydroxylation is 2. The molecule has 0 atom stereocenters. The highest BCUT2D eigenvalue weighted by Gasteiger charge is 2.00. The highest BCUT2D eigenvalue weighted by Crippen LogP contribution is 2.06. The summed E-state index contributed by atoms with van der Waals surface area (Å²) in [6.45, 7) is 3.87. The second-order valence-electron chi connectivity index (χ2n) is 4.15. The molecule has 0 aliphatic carbocycles. The van der Waals surface area contributed by atoms with E-state index in [1.807, 2.05) is 7.05 Å². The second kappa shape index (κ2) is 5.59. The summed E-state index contributed by atoms with van der Waals surface area (Å²) in [5.74, 6) is 0.967. The minimum atomic E-state index is 0.766. The van der Waals surface area contributed by atoms with E-state index in [4.69, 9.17) is 0 Å². The molecule has 0 amide bonds. The van der Waals surface area contributed by atoms with Gasteiger partial charge in [-0.25, -0.2) is 4.98 Å². The van der Waals surface area contributed by atoms with Gasteiger partial charge in [-0.15, -0.1) is 0 Å². The normalized spacial score (nSPS) is 10.7. The van der Waals surface area contributed by atoms with E-state index in [1.54, 1.807) is 11.0 Å². The SMILES string of the molecule is Cc1ccccc1CCNCc1ncnn1C. The predicted molar refractivity (Wildman–Crippen MR) is 67.6 cm³/mol. The number of nitrogens with zero attached hydrogens (tertiary/aromatic N) is 3. The van der Waals surface area contributed by atoms with E-state index in [0.29, 0.717) is 0 Å². The first-order valence-electron chi connectivity index (χ1n) is 5.85. The van der Waals surface area contributed by atoms with Gasteiger partial charge in [-0.05, 0) is 31.0 Å². The predicted octanol–water partition coefficient (Wildman–Crippen LogP) is 1.46. The maximum Gasteiger partial charge on any atom is 0.140 e. The summed E-state index contributed by atoms with van der Waals surface area (Å²) in [7, 11) is 1.91. The van der Waals surface area contributed by atoms with Crippen LogP contribution in [-0.2, 0) is 20.0 Å². The molecule has 90 valence electrons. The molecule has 4 nitrogen and oxygen atoms in total. The molecule has 2 aromatic rings. The first-order valence-corrected chi connectivity index (χ1v) is 5.85. The van der Waals surface area contributed by atoms with Crippen LogP contribution in [0.2, 0.25) is 0 Å². The first-order chi connectivity index (χ1) is 8.27. The van der Waals surface area contributed by atoms with Gasteiger partial charge in [0.2, 0.25) is 0 Å². The molecule has 1 aromatic heterocycles. The molecule has 0 radical (unpaired) electrons. The Balaban J connectivity index is 1.77. The third-order valence-corrected chi connectivity index (χ3v) is 2.92. The zero-order chi connectivity index (χ0) is 12.1. The van der Waals surface area contributed by atoms with Crippen LogP contribution >= 0.6 is 0 Å². The second-order valence-corrected chi connectivity index (χ2v) is 4.15. The lowest BCUT2D eigenvalue weighted by Crippen LogP contribution is -2.19. The number of benzene rings is 1. The zero-order valence-electron chi connectivity index (χ0n) is 10.3. The monoisotopic (exact) mass is 230 g/mol. The quantitative estimate of drug-likeness (QED) is 0.791. The molecule has 0 saturated carbocycles. The fourth-order valence-corrected chi connectivity index (χ4v) is 1.79. The Labute approximate surface area is 102 Å². The van der Waals surface area contributed by atoms with Crippen LogP contribution < -0.4 is 5.32 Å². The summed E-state index contributed by atoms with van der Waals surface area (Å²) < 4.78 is 1.79. The summed E-state index contributed by atoms with van der Waals surface area (Å²) in [5.41, 5.74) is 2.76. The molecule has 0 saturated heterocycles. The molecule has 17 heavy (non-hydrogen) atoms. The summed E-state index contributed by atoms with van der Waals surface area (Å²) in [5, 5.41) is 7.41. The van der Waals surface area contributed by atoms with Crippen molar-refractivity contribution in [2.24, 2.45) is 7.05 Å². The Morgan fingerprint density at radius 3 is 2.82 bits per heavy atom. The molecule has 0 spiro atoms. The molecule has 2 rings (SSSR count). The van der Waals surface area contributed by atoms with Crippen molar-refractivity contribution in [2.45, 2.75) is 19.9 Å². The average Bonchev–Trinajstić information content (AvgIpc) is 2.73. The van der Waals surface area contributed by atoms with Gasteiger partial charge in [0.15, 0.2) is 0 Å². The molecule has 1 heterocycles. The van der Waals surface area contributed by atoms with Crippen LogP contribution in [0.25, 0.3) is 0 Å². The van der Waals surface area contributed by atoms with E-state index in [9.17, 15) is 0 Å². The molecule has 0 aliphatic rings. The smallest absolute Gasteiger partial charge is 0.140 e. The van der Waals surface area contributed by atoms with Crippen LogP contribution in [0.4, 0.5) is 0 Å². The minimum Gasteiger partial charge on any atom is -0.310 e. The van der Waals surface area contributed by atoms with Gasteiger partial charge in [-0.3, -0.25) is 4.68 Å². The fourth-order valence-electron chi connectivity index (χ4n) is 1.79. The van der Waals surface area contributed by atoms with E-state index in [-0.39, 0.29) is 0 Å². The molecule has 0 unspecified atom stereocenters. The standard InChI is InChI=1S/C13H18N4/c1-11-5-3-4-6-12(11)7-8-14-9-13-15-10-16-17(13)2/h3-6,10,14H,7-9H2,1-2H3. The largest absolute Gasteiger partial charge is 0.310 e. The molecule has 4 heteroatoms. The molecule has 0 fully saturated rings. The molecule has 1 aromatic carbocycles. The minimum absolute atomic E-state index is 0.766.